The highest BCUT2D eigenvalue weighted by Gasteiger charge is 2.38. The Hall–Kier alpha value is -3.43. The van der Waals surface area contributed by atoms with E-state index in [4.69, 9.17) is 19.4 Å². The normalized spacial score (nSPS) is 19.2. The van der Waals surface area contributed by atoms with Crippen LogP contribution in [-0.4, -0.2) is 67.2 Å². The minimum atomic E-state index is -1.20. The highest BCUT2D eigenvalue weighted by Crippen LogP contribution is 2.44. The van der Waals surface area contributed by atoms with Crippen molar-refractivity contribution in [2.75, 3.05) is 26.9 Å². The van der Waals surface area contributed by atoms with Crippen LogP contribution in [0.2, 0.25) is 0 Å². The second-order valence-electron chi connectivity index (χ2n) is 7.66. The number of alkyl carbamates (subject to hydrolysis) is 1. The second kappa shape index (κ2) is 9.37. The Balaban J connectivity index is 1.36. The second-order valence-corrected chi connectivity index (χ2v) is 7.66. The van der Waals surface area contributed by atoms with Crippen molar-refractivity contribution in [3.8, 4) is 11.1 Å². The van der Waals surface area contributed by atoms with Gasteiger partial charge < -0.3 is 19.9 Å². The number of nitrogens with one attached hydrogen (secondary N) is 1. The van der Waals surface area contributed by atoms with Crippen molar-refractivity contribution in [1.82, 2.24) is 10.4 Å². The summed E-state index contributed by atoms with van der Waals surface area (Å²) in [6.07, 6.45) is -1.20. The average Bonchev–Trinajstić information content (AvgIpc) is 3.38. The Morgan fingerprint density at radius 1 is 1.09 bits per heavy atom. The van der Waals surface area contributed by atoms with Crippen molar-refractivity contribution >= 4 is 18.0 Å². The molecule has 2 amide bonds. The lowest BCUT2D eigenvalue weighted by atomic mass is 9.98. The molecule has 2 atom stereocenters. The van der Waals surface area contributed by atoms with E-state index < -0.39 is 36.7 Å². The van der Waals surface area contributed by atoms with E-state index in [9.17, 15) is 14.4 Å². The topological polar surface area (TPSA) is 114 Å². The standard InChI is InChI=1S/C23H24N2O7/c1-25(32-13-20(26)27)22(28)21-19(10-11-30-21)24-23(29)31-12-18-16-8-4-2-6-14(16)15-7-3-5-9-17(15)18/h2-9,18-19,21H,10-13H2,1H3,(H,24,29)(H,26,27)/t19-,21+/m1/s1. The van der Waals surface area contributed by atoms with Gasteiger partial charge in [0.15, 0.2) is 12.7 Å². The van der Waals surface area contributed by atoms with Crippen LogP contribution in [0.5, 0.6) is 0 Å². The molecule has 1 fully saturated rings. The molecule has 2 N–H and O–H groups in total. The number of hydroxylamine groups is 2. The molecular weight excluding hydrogens is 416 g/mol. The number of carbonyl (C=O) groups is 3. The van der Waals surface area contributed by atoms with Crippen LogP contribution < -0.4 is 5.32 Å². The predicted molar refractivity (Wildman–Crippen MR) is 113 cm³/mol. The van der Waals surface area contributed by atoms with Gasteiger partial charge in [-0.1, -0.05) is 48.5 Å². The molecule has 0 aromatic heterocycles. The first-order valence-corrected chi connectivity index (χ1v) is 10.3. The monoisotopic (exact) mass is 440 g/mol. The van der Waals surface area contributed by atoms with Crippen LogP contribution >= 0.6 is 0 Å². The van der Waals surface area contributed by atoms with Crippen LogP contribution in [0.1, 0.15) is 23.5 Å². The molecule has 0 unspecified atom stereocenters. The summed E-state index contributed by atoms with van der Waals surface area (Å²) in [5, 5.41) is 12.2. The first-order valence-electron chi connectivity index (χ1n) is 10.3. The lowest BCUT2D eigenvalue weighted by molar-refractivity contribution is -0.193. The van der Waals surface area contributed by atoms with Gasteiger partial charge in [-0.25, -0.2) is 14.7 Å². The maximum Gasteiger partial charge on any atom is 0.407 e. The lowest BCUT2D eigenvalue weighted by Gasteiger charge is -2.24. The van der Waals surface area contributed by atoms with Crippen LogP contribution in [0, 0.1) is 0 Å². The van der Waals surface area contributed by atoms with Gasteiger partial charge in [-0.2, -0.15) is 0 Å². The third-order valence-corrected chi connectivity index (χ3v) is 5.67. The fourth-order valence-electron chi connectivity index (χ4n) is 4.17. The Morgan fingerprint density at radius 3 is 2.34 bits per heavy atom. The smallest absolute Gasteiger partial charge is 0.407 e. The number of hydrogen-bond acceptors (Lipinski definition) is 6. The summed E-state index contributed by atoms with van der Waals surface area (Å²) in [4.78, 5) is 40.5. The summed E-state index contributed by atoms with van der Waals surface area (Å²) in [6.45, 7) is -0.218. The van der Waals surface area contributed by atoms with E-state index in [0.717, 1.165) is 27.3 Å². The summed E-state index contributed by atoms with van der Waals surface area (Å²) >= 11 is 0. The molecule has 2 aromatic carbocycles. The van der Waals surface area contributed by atoms with Gasteiger partial charge in [0, 0.05) is 19.6 Å². The number of aliphatic carboxylic acids is 1. The van der Waals surface area contributed by atoms with Gasteiger partial charge >= 0.3 is 12.1 Å². The van der Waals surface area contributed by atoms with Crippen molar-refractivity contribution < 1.29 is 33.8 Å². The van der Waals surface area contributed by atoms with Gasteiger partial charge in [0.25, 0.3) is 5.91 Å². The number of fused-ring (bicyclic) bond motifs is 3. The Morgan fingerprint density at radius 2 is 1.72 bits per heavy atom. The van der Waals surface area contributed by atoms with Gasteiger partial charge in [-0.15, -0.1) is 0 Å². The van der Waals surface area contributed by atoms with E-state index in [1.807, 2.05) is 36.4 Å². The molecule has 168 valence electrons. The molecule has 1 saturated heterocycles. The third-order valence-electron chi connectivity index (χ3n) is 5.67. The van der Waals surface area contributed by atoms with Crippen LogP contribution in [0.4, 0.5) is 4.79 Å². The number of likely N-dealkylation sites (N-methyl/N-ethyl adjacent to an activating group) is 1. The Kier molecular flexibility index (Phi) is 6.38. The molecule has 1 aliphatic carbocycles. The number of carboxylic acid groups (broad SMARTS) is 1. The van der Waals surface area contributed by atoms with Gasteiger partial charge in [-0.3, -0.25) is 9.63 Å². The minimum Gasteiger partial charge on any atom is -0.479 e. The molecule has 1 heterocycles. The van der Waals surface area contributed by atoms with Crippen molar-refractivity contribution in [3.63, 3.8) is 0 Å². The fourth-order valence-corrected chi connectivity index (χ4v) is 4.17. The summed E-state index contributed by atoms with van der Waals surface area (Å²) in [5.41, 5.74) is 4.49. The van der Waals surface area contributed by atoms with Crippen LogP contribution in [-0.2, 0) is 23.9 Å². The molecular formula is C23H24N2O7. The molecule has 2 aromatic rings. The van der Waals surface area contributed by atoms with Gasteiger partial charge in [0.1, 0.15) is 6.61 Å². The van der Waals surface area contributed by atoms with Gasteiger partial charge in [0.2, 0.25) is 0 Å². The first kappa shape index (κ1) is 21.8. The number of carbonyl (C=O) groups excluding carboxylic acids is 2. The zero-order valence-corrected chi connectivity index (χ0v) is 17.5. The Labute approximate surface area is 184 Å². The molecule has 0 bridgehead atoms. The van der Waals surface area contributed by atoms with E-state index >= 15 is 0 Å². The third kappa shape index (κ3) is 4.44. The predicted octanol–water partition coefficient (Wildman–Crippen LogP) is 2.16. The molecule has 0 radical (unpaired) electrons. The fraction of sp³-hybridized carbons (Fsp3) is 0.348. The molecule has 2 aliphatic rings. The molecule has 32 heavy (non-hydrogen) atoms. The van der Waals surface area contributed by atoms with E-state index in [-0.39, 0.29) is 19.1 Å². The number of amides is 2. The number of hydrogen-bond donors (Lipinski definition) is 2. The summed E-state index contributed by atoms with van der Waals surface area (Å²) in [5.74, 6) is -1.85. The van der Waals surface area contributed by atoms with Crippen molar-refractivity contribution in [1.29, 1.82) is 0 Å². The van der Waals surface area contributed by atoms with Crippen molar-refractivity contribution in [2.45, 2.75) is 24.5 Å². The maximum atomic E-state index is 12.5. The maximum absolute atomic E-state index is 12.5. The van der Waals surface area contributed by atoms with E-state index in [0.29, 0.717) is 6.42 Å². The van der Waals surface area contributed by atoms with Crippen LogP contribution in [0.25, 0.3) is 11.1 Å². The minimum absolute atomic E-state index is 0.0686. The highest BCUT2D eigenvalue weighted by atomic mass is 16.7. The summed E-state index contributed by atoms with van der Waals surface area (Å²) in [7, 11) is 1.30. The quantitative estimate of drug-likeness (QED) is 0.634. The number of benzene rings is 2. The van der Waals surface area contributed by atoms with E-state index in [1.165, 1.54) is 7.05 Å². The lowest BCUT2D eigenvalue weighted by Crippen LogP contribution is -2.49. The van der Waals surface area contributed by atoms with Gasteiger partial charge in [0.05, 0.1) is 6.04 Å². The van der Waals surface area contributed by atoms with Crippen LogP contribution in [0.3, 0.4) is 0 Å². The molecule has 9 nitrogen and oxygen atoms in total. The molecule has 9 heteroatoms. The SMILES string of the molecule is CN(OCC(=O)O)C(=O)[C@H]1OCC[C@H]1NC(=O)OCC1c2ccccc2-c2ccccc21. The van der Waals surface area contributed by atoms with Gasteiger partial charge in [-0.05, 0) is 28.7 Å². The Bertz CT molecular complexity index is 979. The molecule has 4 rings (SSSR count). The number of ether oxygens (including phenoxy) is 2. The highest BCUT2D eigenvalue weighted by molar-refractivity contribution is 5.82. The first-order chi connectivity index (χ1) is 15.5. The molecule has 1 aliphatic heterocycles. The number of carboxylic acids is 1. The summed E-state index contributed by atoms with van der Waals surface area (Å²) < 4.78 is 11.0. The van der Waals surface area contributed by atoms with Crippen LogP contribution in [0.15, 0.2) is 48.5 Å². The van der Waals surface area contributed by atoms with Crippen molar-refractivity contribution in [2.24, 2.45) is 0 Å². The molecule has 0 saturated carbocycles. The summed E-state index contributed by atoms with van der Waals surface area (Å²) in [6, 6.07) is 15.5. The average molecular weight is 440 g/mol. The largest absolute Gasteiger partial charge is 0.479 e. The van der Waals surface area contributed by atoms with E-state index in [2.05, 4.69) is 17.4 Å². The molecule has 0 spiro atoms. The zero-order valence-electron chi connectivity index (χ0n) is 17.5. The number of rotatable bonds is 7. The van der Waals surface area contributed by atoms with Crippen molar-refractivity contribution in [3.05, 3.63) is 59.7 Å². The number of nitrogens with zero attached hydrogens (tertiary/aromatic N) is 1. The van der Waals surface area contributed by atoms with E-state index in [1.54, 1.807) is 0 Å². The zero-order chi connectivity index (χ0) is 22.7.